The number of hydrogen-bond acceptors (Lipinski definition) is 3. The van der Waals surface area contributed by atoms with Crippen molar-refractivity contribution in [1.82, 2.24) is 0 Å². The van der Waals surface area contributed by atoms with Gasteiger partial charge in [0.05, 0.1) is 11.4 Å². The van der Waals surface area contributed by atoms with Crippen molar-refractivity contribution in [2.24, 2.45) is 5.41 Å². The number of carboxylic acid groups (broad SMARTS) is 1. The van der Waals surface area contributed by atoms with E-state index in [9.17, 15) is 4.79 Å². The molecule has 0 aliphatic rings. The monoisotopic (exact) mass is 241 g/mol. The number of hydrogen-bond donors (Lipinski definition) is 1. The van der Waals surface area contributed by atoms with Crippen LogP contribution in [0.1, 0.15) is 25.8 Å². The first-order valence-corrected chi connectivity index (χ1v) is 6.17. The molecule has 0 atom stereocenters. The fraction of sp³-hybridized carbons (Fsp3) is 0.583. The van der Waals surface area contributed by atoms with Crippen molar-refractivity contribution in [3.63, 3.8) is 0 Å². The molecule has 0 unspecified atom stereocenters. The van der Waals surface area contributed by atoms with E-state index >= 15 is 0 Å². The molecule has 0 saturated heterocycles. The van der Waals surface area contributed by atoms with Gasteiger partial charge in [-0.05, 0) is 29.3 Å². The molecule has 1 heterocycles. The van der Waals surface area contributed by atoms with Gasteiger partial charge in [0.15, 0.2) is 0 Å². The van der Waals surface area contributed by atoms with E-state index in [1.807, 2.05) is 20.9 Å². The normalized spacial score (nSPS) is 11.5. The van der Waals surface area contributed by atoms with Crippen LogP contribution in [0, 0.1) is 12.3 Å². The van der Waals surface area contributed by atoms with Crippen LogP contribution in [-0.4, -0.2) is 24.7 Å². The second-order valence-corrected chi connectivity index (χ2v) is 5.89. The molecule has 4 heteroatoms. The Labute approximate surface area is 101 Å². The summed E-state index contributed by atoms with van der Waals surface area (Å²) < 4.78 is 0. The SMILES string of the molecule is Cc1ccsc1N(C)CC(C)(C)CC(=O)O. The summed E-state index contributed by atoms with van der Waals surface area (Å²) in [6.07, 6.45) is 0.196. The second kappa shape index (κ2) is 4.87. The van der Waals surface area contributed by atoms with Crippen LogP contribution in [0.3, 0.4) is 0 Å². The van der Waals surface area contributed by atoms with Crippen molar-refractivity contribution < 1.29 is 9.90 Å². The van der Waals surface area contributed by atoms with E-state index in [0.29, 0.717) is 0 Å². The fourth-order valence-corrected chi connectivity index (χ4v) is 2.83. The number of nitrogens with zero attached hydrogens (tertiary/aromatic N) is 1. The maximum atomic E-state index is 10.7. The number of aryl methyl sites for hydroxylation is 1. The highest BCUT2D eigenvalue weighted by molar-refractivity contribution is 7.14. The van der Waals surface area contributed by atoms with Crippen molar-refractivity contribution in [2.45, 2.75) is 27.2 Å². The molecule has 0 bridgehead atoms. The summed E-state index contributed by atoms with van der Waals surface area (Å²) in [7, 11) is 2.02. The van der Waals surface area contributed by atoms with Gasteiger partial charge in [-0.3, -0.25) is 4.79 Å². The van der Waals surface area contributed by atoms with Crippen molar-refractivity contribution >= 4 is 22.3 Å². The van der Waals surface area contributed by atoms with E-state index in [-0.39, 0.29) is 11.8 Å². The Morgan fingerprint density at radius 2 is 2.19 bits per heavy atom. The van der Waals surface area contributed by atoms with Crippen LogP contribution in [0.4, 0.5) is 5.00 Å². The maximum absolute atomic E-state index is 10.7. The lowest BCUT2D eigenvalue weighted by Gasteiger charge is -2.30. The topological polar surface area (TPSA) is 40.5 Å². The molecule has 16 heavy (non-hydrogen) atoms. The van der Waals surface area contributed by atoms with E-state index in [2.05, 4.69) is 23.3 Å². The summed E-state index contributed by atoms with van der Waals surface area (Å²) in [5.41, 5.74) is 1.04. The van der Waals surface area contributed by atoms with Crippen molar-refractivity contribution in [2.75, 3.05) is 18.5 Å². The largest absolute Gasteiger partial charge is 0.481 e. The quantitative estimate of drug-likeness (QED) is 0.861. The number of aliphatic carboxylic acids is 1. The highest BCUT2D eigenvalue weighted by Crippen LogP contribution is 2.30. The first-order chi connectivity index (χ1) is 7.32. The van der Waals surface area contributed by atoms with Gasteiger partial charge >= 0.3 is 5.97 Å². The molecule has 1 N–H and O–H groups in total. The predicted molar refractivity (Wildman–Crippen MR) is 68.4 cm³/mol. The third-order valence-corrected chi connectivity index (χ3v) is 3.61. The van der Waals surface area contributed by atoms with Crippen LogP contribution in [0.15, 0.2) is 11.4 Å². The molecule has 0 amide bonds. The smallest absolute Gasteiger partial charge is 0.303 e. The summed E-state index contributed by atoms with van der Waals surface area (Å²) in [6.45, 7) is 6.80. The summed E-state index contributed by atoms with van der Waals surface area (Å²) in [5.74, 6) is -0.735. The Balaban J connectivity index is 2.67. The molecule has 0 aliphatic carbocycles. The predicted octanol–water partition coefficient (Wildman–Crippen LogP) is 2.99. The summed E-state index contributed by atoms with van der Waals surface area (Å²) in [4.78, 5) is 12.9. The summed E-state index contributed by atoms with van der Waals surface area (Å²) >= 11 is 1.70. The Morgan fingerprint density at radius 1 is 1.56 bits per heavy atom. The van der Waals surface area contributed by atoms with Gasteiger partial charge in [0, 0.05) is 13.6 Å². The molecule has 0 aliphatic heterocycles. The van der Waals surface area contributed by atoms with Gasteiger partial charge in [0.2, 0.25) is 0 Å². The summed E-state index contributed by atoms with van der Waals surface area (Å²) in [5, 5.41) is 12.1. The second-order valence-electron chi connectivity index (χ2n) is 5.00. The zero-order valence-corrected chi connectivity index (χ0v) is 11.1. The van der Waals surface area contributed by atoms with Crippen LogP contribution in [0.25, 0.3) is 0 Å². The minimum atomic E-state index is -0.735. The highest BCUT2D eigenvalue weighted by Gasteiger charge is 2.24. The lowest BCUT2D eigenvalue weighted by Crippen LogP contribution is -2.32. The van der Waals surface area contributed by atoms with Crippen LogP contribution in [0.5, 0.6) is 0 Å². The molecule has 3 nitrogen and oxygen atoms in total. The molecule has 1 rings (SSSR count). The van der Waals surface area contributed by atoms with Gasteiger partial charge in [-0.15, -0.1) is 11.3 Å². The van der Waals surface area contributed by atoms with Crippen LogP contribution < -0.4 is 4.90 Å². The van der Waals surface area contributed by atoms with Gasteiger partial charge in [-0.25, -0.2) is 0 Å². The molecule has 90 valence electrons. The first-order valence-electron chi connectivity index (χ1n) is 5.29. The molecular formula is C12H19NO2S. The average Bonchev–Trinajstić information content (AvgIpc) is 2.47. The van der Waals surface area contributed by atoms with Crippen molar-refractivity contribution in [1.29, 1.82) is 0 Å². The minimum Gasteiger partial charge on any atom is -0.481 e. The van der Waals surface area contributed by atoms with E-state index in [1.54, 1.807) is 11.3 Å². The van der Waals surface area contributed by atoms with Crippen LogP contribution in [-0.2, 0) is 4.79 Å². The third kappa shape index (κ3) is 3.52. The zero-order chi connectivity index (χ0) is 12.3. The van der Waals surface area contributed by atoms with Crippen molar-refractivity contribution in [3.8, 4) is 0 Å². The zero-order valence-electron chi connectivity index (χ0n) is 10.3. The summed E-state index contributed by atoms with van der Waals surface area (Å²) in [6, 6.07) is 2.08. The van der Waals surface area contributed by atoms with Gasteiger partial charge in [0.1, 0.15) is 0 Å². The van der Waals surface area contributed by atoms with E-state index in [0.717, 1.165) is 6.54 Å². The third-order valence-electron chi connectivity index (χ3n) is 2.48. The Bertz CT molecular complexity index is 371. The van der Waals surface area contributed by atoms with E-state index in [1.165, 1.54) is 10.6 Å². The lowest BCUT2D eigenvalue weighted by molar-refractivity contribution is -0.139. The highest BCUT2D eigenvalue weighted by atomic mass is 32.1. The van der Waals surface area contributed by atoms with Crippen LogP contribution in [0.2, 0.25) is 0 Å². The van der Waals surface area contributed by atoms with Crippen molar-refractivity contribution in [3.05, 3.63) is 17.0 Å². The standard InChI is InChI=1S/C12H19NO2S/c1-9-5-6-16-11(9)13(4)8-12(2,3)7-10(14)15/h5-6H,7-8H2,1-4H3,(H,14,15). The van der Waals surface area contributed by atoms with Crippen LogP contribution >= 0.6 is 11.3 Å². The number of anilines is 1. The molecule has 1 aromatic rings. The van der Waals surface area contributed by atoms with E-state index in [4.69, 9.17) is 5.11 Å². The average molecular weight is 241 g/mol. The number of rotatable bonds is 5. The Morgan fingerprint density at radius 3 is 2.62 bits per heavy atom. The molecular weight excluding hydrogens is 222 g/mol. The van der Waals surface area contributed by atoms with Gasteiger partial charge in [0.25, 0.3) is 0 Å². The number of carbonyl (C=O) groups is 1. The fourth-order valence-electron chi connectivity index (χ4n) is 1.93. The molecule has 0 spiro atoms. The Hall–Kier alpha value is -1.03. The van der Waals surface area contributed by atoms with Gasteiger partial charge < -0.3 is 10.0 Å². The number of thiophene rings is 1. The molecule has 1 aromatic heterocycles. The lowest BCUT2D eigenvalue weighted by atomic mass is 9.89. The molecule has 0 fully saturated rings. The minimum absolute atomic E-state index is 0.196. The maximum Gasteiger partial charge on any atom is 0.303 e. The molecule has 0 saturated carbocycles. The number of carboxylic acids is 1. The molecule has 0 aromatic carbocycles. The van der Waals surface area contributed by atoms with E-state index < -0.39 is 5.97 Å². The van der Waals surface area contributed by atoms with Gasteiger partial charge in [-0.1, -0.05) is 13.8 Å². The molecule has 0 radical (unpaired) electrons. The first kappa shape index (κ1) is 13.0. The Kier molecular flexibility index (Phi) is 3.97. The van der Waals surface area contributed by atoms with Gasteiger partial charge in [-0.2, -0.15) is 0 Å².